The summed E-state index contributed by atoms with van der Waals surface area (Å²) in [6.07, 6.45) is 6.76. The topological polar surface area (TPSA) is 58.6 Å². The highest BCUT2D eigenvalue weighted by Crippen LogP contribution is 2.42. The molecular formula is C25H37ClFNO3. The summed E-state index contributed by atoms with van der Waals surface area (Å²) in [6.45, 7) is 9.74. The Labute approximate surface area is 190 Å². The van der Waals surface area contributed by atoms with Crippen molar-refractivity contribution in [3.05, 3.63) is 23.0 Å². The van der Waals surface area contributed by atoms with E-state index in [4.69, 9.17) is 16.3 Å². The van der Waals surface area contributed by atoms with Crippen molar-refractivity contribution >= 4 is 23.3 Å². The molecule has 6 atom stereocenters. The fourth-order valence-corrected chi connectivity index (χ4v) is 6.37. The molecule has 2 saturated carbocycles. The van der Waals surface area contributed by atoms with Crippen molar-refractivity contribution in [1.82, 2.24) is 0 Å². The normalized spacial score (nSPS) is 34.1. The van der Waals surface area contributed by atoms with Crippen molar-refractivity contribution in [2.75, 3.05) is 11.9 Å². The summed E-state index contributed by atoms with van der Waals surface area (Å²) in [6, 6.07) is 2.57. The van der Waals surface area contributed by atoms with E-state index in [1.54, 1.807) is 0 Å². The van der Waals surface area contributed by atoms with Gasteiger partial charge < -0.3 is 15.2 Å². The molecule has 4 nitrogen and oxygen atoms in total. The minimum absolute atomic E-state index is 0.0221. The van der Waals surface area contributed by atoms with Crippen LogP contribution in [-0.2, 0) is 4.79 Å². The third kappa shape index (κ3) is 6.27. The highest BCUT2D eigenvalue weighted by molar-refractivity contribution is 6.32. The van der Waals surface area contributed by atoms with Crippen LogP contribution in [-0.4, -0.2) is 23.7 Å². The first-order chi connectivity index (χ1) is 14.6. The summed E-state index contributed by atoms with van der Waals surface area (Å²) in [5, 5.41) is 12.8. The quantitative estimate of drug-likeness (QED) is 0.486. The van der Waals surface area contributed by atoms with E-state index < -0.39 is 17.7 Å². The Balaban J connectivity index is 1.68. The van der Waals surface area contributed by atoms with E-state index in [1.165, 1.54) is 25.0 Å². The van der Waals surface area contributed by atoms with Crippen molar-refractivity contribution < 1.29 is 19.0 Å². The molecule has 0 spiro atoms. The van der Waals surface area contributed by atoms with E-state index in [0.29, 0.717) is 42.1 Å². The van der Waals surface area contributed by atoms with Gasteiger partial charge in [0.1, 0.15) is 11.6 Å². The summed E-state index contributed by atoms with van der Waals surface area (Å²) >= 11 is 6.44. The fourth-order valence-electron chi connectivity index (χ4n) is 6.15. The molecule has 31 heavy (non-hydrogen) atoms. The van der Waals surface area contributed by atoms with E-state index in [2.05, 4.69) is 33.0 Å². The lowest BCUT2D eigenvalue weighted by molar-refractivity contribution is -0.141. The van der Waals surface area contributed by atoms with Gasteiger partial charge in [0.15, 0.2) is 0 Å². The second kappa shape index (κ2) is 9.97. The maximum absolute atomic E-state index is 14.8. The maximum Gasteiger partial charge on any atom is 0.308 e. The third-order valence-electron chi connectivity index (χ3n) is 7.06. The van der Waals surface area contributed by atoms with Gasteiger partial charge in [-0.15, -0.1) is 0 Å². The van der Waals surface area contributed by atoms with Crippen molar-refractivity contribution in [3.63, 3.8) is 0 Å². The molecule has 0 aromatic heterocycles. The predicted molar refractivity (Wildman–Crippen MR) is 123 cm³/mol. The second-order valence-corrected chi connectivity index (χ2v) is 11.1. The van der Waals surface area contributed by atoms with Crippen LogP contribution in [0.1, 0.15) is 72.6 Å². The van der Waals surface area contributed by atoms with Crippen LogP contribution in [0.5, 0.6) is 5.75 Å². The van der Waals surface area contributed by atoms with Crippen molar-refractivity contribution in [2.24, 2.45) is 29.1 Å². The van der Waals surface area contributed by atoms with E-state index >= 15 is 0 Å². The van der Waals surface area contributed by atoms with Crippen molar-refractivity contribution in [2.45, 2.75) is 78.7 Å². The smallest absolute Gasteiger partial charge is 0.308 e. The van der Waals surface area contributed by atoms with E-state index in [-0.39, 0.29) is 17.1 Å². The summed E-state index contributed by atoms with van der Waals surface area (Å²) < 4.78 is 20.9. The number of carboxylic acid groups (broad SMARTS) is 1. The number of hydrogen-bond acceptors (Lipinski definition) is 3. The molecule has 6 heteroatoms. The average molecular weight is 454 g/mol. The Bertz CT molecular complexity index is 772. The van der Waals surface area contributed by atoms with Crippen LogP contribution in [0.4, 0.5) is 10.1 Å². The number of hydrogen-bond donors (Lipinski definition) is 2. The van der Waals surface area contributed by atoms with Crippen LogP contribution in [0, 0.1) is 34.9 Å². The molecule has 0 saturated heterocycles. The molecule has 0 amide bonds. The molecule has 1 aromatic rings. The molecule has 174 valence electrons. The zero-order valence-corrected chi connectivity index (χ0v) is 20.0. The van der Waals surface area contributed by atoms with Crippen LogP contribution in [0.15, 0.2) is 12.1 Å². The zero-order valence-electron chi connectivity index (χ0n) is 19.2. The summed E-state index contributed by atoms with van der Waals surface area (Å²) in [5.74, 6) is 0.551. The lowest BCUT2D eigenvalue weighted by Crippen LogP contribution is -2.32. The van der Waals surface area contributed by atoms with Crippen LogP contribution in [0.25, 0.3) is 0 Å². The maximum atomic E-state index is 14.8. The Kier molecular flexibility index (Phi) is 7.77. The van der Waals surface area contributed by atoms with Gasteiger partial charge in [-0.1, -0.05) is 45.7 Å². The lowest BCUT2D eigenvalue weighted by Gasteiger charge is -2.38. The SMILES string of the molecule is CC1C[C@@H](C)CC(C)(COc2cc(F)c(NC3CCCC3C(=O)O)cc2Cl)C[C@@H](C)C1. The van der Waals surface area contributed by atoms with Crippen LogP contribution < -0.4 is 10.1 Å². The number of ether oxygens (including phenoxy) is 1. The molecule has 2 fully saturated rings. The number of carboxylic acids is 1. The highest BCUT2D eigenvalue weighted by Gasteiger charge is 2.35. The van der Waals surface area contributed by atoms with Crippen LogP contribution >= 0.6 is 11.6 Å². The van der Waals surface area contributed by atoms with Gasteiger partial charge in [0.2, 0.25) is 0 Å². The minimum atomic E-state index is -0.841. The summed E-state index contributed by atoms with van der Waals surface area (Å²) in [5.41, 5.74) is 0.262. The van der Waals surface area contributed by atoms with E-state index in [1.807, 2.05) is 0 Å². The standard InChI is InChI=1S/C25H37ClFNO3/c1-15-8-16(2)12-25(4,13-17(3)9-15)14-31-23-11-20(27)22(10-19(23)26)28-21-7-5-6-18(21)24(29)30/h10-11,15-18,21,28H,5-9,12-14H2,1-4H3,(H,29,30)/t15?,16-,17+,18?,21?,25?. The first-order valence-electron chi connectivity index (χ1n) is 11.7. The molecule has 1 aromatic carbocycles. The Morgan fingerprint density at radius 2 is 1.84 bits per heavy atom. The average Bonchev–Trinajstić information content (AvgIpc) is 3.10. The van der Waals surface area contributed by atoms with Gasteiger partial charge in [-0.05, 0) is 62.3 Å². The molecule has 3 rings (SSSR count). The van der Waals surface area contributed by atoms with Crippen LogP contribution in [0.3, 0.4) is 0 Å². The minimum Gasteiger partial charge on any atom is -0.491 e. The van der Waals surface area contributed by atoms with Gasteiger partial charge in [-0.25, -0.2) is 4.39 Å². The summed E-state index contributed by atoms with van der Waals surface area (Å²) in [7, 11) is 0. The Morgan fingerprint density at radius 3 is 2.45 bits per heavy atom. The zero-order chi connectivity index (χ0) is 22.8. The van der Waals surface area contributed by atoms with Gasteiger partial charge in [0, 0.05) is 17.5 Å². The van der Waals surface area contributed by atoms with Gasteiger partial charge in [-0.2, -0.15) is 0 Å². The molecule has 2 aliphatic rings. The molecule has 0 aliphatic heterocycles. The van der Waals surface area contributed by atoms with Crippen molar-refractivity contribution in [3.8, 4) is 5.75 Å². The summed E-state index contributed by atoms with van der Waals surface area (Å²) in [4.78, 5) is 11.4. The van der Waals surface area contributed by atoms with E-state index in [0.717, 1.165) is 25.2 Å². The van der Waals surface area contributed by atoms with Gasteiger partial charge in [0.05, 0.1) is 23.2 Å². The number of carbonyl (C=O) groups is 1. The van der Waals surface area contributed by atoms with Crippen LogP contribution in [0.2, 0.25) is 5.02 Å². The Morgan fingerprint density at radius 1 is 1.19 bits per heavy atom. The molecule has 0 bridgehead atoms. The first-order valence-corrected chi connectivity index (χ1v) is 12.1. The number of nitrogens with one attached hydrogen (secondary N) is 1. The molecule has 0 heterocycles. The molecular weight excluding hydrogens is 417 g/mol. The first kappa shape index (κ1) is 24.2. The predicted octanol–water partition coefficient (Wildman–Crippen LogP) is 7.01. The van der Waals surface area contributed by atoms with Gasteiger partial charge in [-0.3, -0.25) is 4.79 Å². The van der Waals surface area contributed by atoms with E-state index in [9.17, 15) is 14.3 Å². The largest absolute Gasteiger partial charge is 0.491 e. The van der Waals surface area contributed by atoms with Gasteiger partial charge in [0.25, 0.3) is 0 Å². The number of halogens is 2. The van der Waals surface area contributed by atoms with Gasteiger partial charge >= 0.3 is 5.97 Å². The molecule has 4 unspecified atom stereocenters. The highest BCUT2D eigenvalue weighted by atomic mass is 35.5. The third-order valence-corrected chi connectivity index (χ3v) is 7.36. The lowest BCUT2D eigenvalue weighted by atomic mass is 9.69. The molecule has 2 aliphatic carbocycles. The fraction of sp³-hybridized carbons (Fsp3) is 0.720. The number of benzene rings is 1. The Hall–Kier alpha value is -1.49. The van der Waals surface area contributed by atoms with Crippen molar-refractivity contribution in [1.29, 1.82) is 0 Å². The second-order valence-electron chi connectivity index (χ2n) is 10.7. The monoisotopic (exact) mass is 453 g/mol. The number of aliphatic carboxylic acids is 1. The number of rotatable bonds is 6. The molecule has 2 N–H and O–H groups in total. The molecule has 0 radical (unpaired) electrons. The number of anilines is 1.